The molecule has 0 heterocycles. The molecule has 0 bridgehead atoms. The Morgan fingerprint density at radius 1 is 1.10 bits per heavy atom. The summed E-state index contributed by atoms with van der Waals surface area (Å²) in [6.45, 7) is 11.8. The number of benzene rings is 1. The predicted molar refractivity (Wildman–Crippen MR) is 116 cm³/mol. The maximum atomic E-state index is 12.8. The fourth-order valence-corrected chi connectivity index (χ4v) is 3.18. The average Bonchev–Trinajstić information content (AvgIpc) is 2.70. The van der Waals surface area contributed by atoms with Gasteiger partial charge in [0.15, 0.2) is 0 Å². The topological polar surface area (TPSA) is 80.6 Å². The van der Waals surface area contributed by atoms with Gasteiger partial charge >= 0.3 is 0 Å². The molecule has 0 fully saturated rings. The van der Waals surface area contributed by atoms with E-state index in [2.05, 4.69) is 24.5 Å². The van der Waals surface area contributed by atoms with Crippen LogP contribution in [0.15, 0.2) is 24.3 Å². The molecule has 6 nitrogen and oxygen atoms in total. The molecule has 0 unspecified atom stereocenters. The van der Waals surface area contributed by atoms with E-state index in [1.54, 1.807) is 31.2 Å². The highest BCUT2D eigenvalue weighted by atomic mass is 16.2. The second kappa shape index (κ2) is 13.1. The molecule has 2 amide bonds. The lowest BCUT2D eigenvalue weighted by Crippen LogP contribution is -2.42. The molecular formula is C23H36N3O3. The van der Waals surface area contributed by atoms with Crippen LogP contribution in [0.1, 0.15) is 74.6 Å². The Morgan fingerprint density at radius 3 is 2.28 bits per heavy atom. The Labute approximate surface area is 175 Å². The van der Waals surface area contributed by atoms with Crippen LogP contribution in [0.25, 0.3) is 0 Å². The zero-order valence-electron chi connectivity index (χ0n) is 18.5. The van der Waals surface area contributed by atoms with Gasteiger partial charge in [0.1, 0.15) is 6.29 Å². The predicted octanol–water partition coefficient (Wildman–Crippen LogP) is 3.29. The van der Waals surface area contributed by atoms with E-state index in [1.807, 2.05) is 18.7 Å². The molecule has 1 aromatic carbocycles. The third kappa shape index (κ3) is 8.77. The second-order valence-electron chi connectivity index (χ2n) is 7.91. The number of carbonyl (C=O) groups is 3. The van der Waals surface area contributed by atoms with E-state index in [-0.39, 0.29) is 23.9 Å². The minimum Gasteiger partial charge on any atom is -0.348 e. The highest BCUT2D eigenvalue weighted by molar-refractivity contribution is 5.99. The Bertz CT molecular complexity index is 655. The third-order valence-electron chi connectivity index (χ3n) is 4.55. The number of nitrogens with zero attached hydrogens (tertiary/aromatic N) is 2. The lowest BCUT2D eigenvalue weighted by molar-refractivity contribution is -0.109. The zero-order chi connectivity index (χ0) is 21.8. The monoisotopic (exact) mass is 402 g/mol. The summed E-state index contributed by atoms with van der Waals surface area (Å²) < 4.78 is 0. The summed E-state index contributed by atoms with van der Waals surface area (Å²) in [4.78, 5) is 38.3. The fourth-order valence-electron chi connectivity index (χ4n) is 3.18. The van der Waals surface area contributed by atoms with Crippen LogP contribution in [-0.2, 0) is 4.79 Å². The number of carbonyl (C=O) groups excluding carboxylic acids is 3. The Kier molecular flexibility index (Phi) is 11.2. The molecule has 29 heavy (non-hydrogen) atoms. The van der Waals surface area contributed by atoms with Gasteiger partial charge in [0, 0.05) is 36.8 Å². The molecule has 1 aromatic rings. The van der Waals surface area contributed by atoms with Gasteiger partial charge in [0.2, 0.25) is 0 Å². The van der Waals surface area contributed by atoms with Crippen molar-refractivity contribution in [2.75, 3.05) is 19.6 Å². The van der Waals surface area contributed by atoms with Gasteiger partial charge < -0.3 is 15.0 Å². The molecule has 0 aromatic heterocycles. The normalized spacial score (nSPS) is 13.0. The van der Waals surface area contributed by atoms with Crippen molar-refractivity contribution >= 4 is 18.1 Å². The van der Waals surface area contributed by atoms with Gasteiger partial charge in [0.25, 0.3) is 11.8 Å². The van der Waals surface area contributed by atoms with Gasteiger partial charge in [-0.3, -0.25) is 9.59 Å². The first-order valence-corrected chi connectivity index (χ1v) is 10.6. The molecule has 1 radical (unpaired) electrons. The molecule has 161 valence electrons. The third-order valence-corrected chi connectivity index (χ3v) is 4.55. The van der Waals surface area contributed by atoms with Crippen LogP contribution in [0, 0.1) is 5.92 Å². The van der Waals surface area contributed by atoms with Crippen LogP contribution in [0.2, 0.25) is 0 Å². The van der Waals surface area contributed by atoms with E-state index in [1.165, 1.54) is 0 Å². The quantitative estimate of drug-likeness (QED) is 0.514. The first-order valence-electron chi connectivity index (χ1n) is 10.6. The van der Waals surface area contributed by atoms with Crippen molar-refractivity contribution in [2.24, 2.45) is 5.92 Å². The van der Waals surface area contributed by atoms with Crippen molar-refractivity contribution in [1.82, 2.24) is 15.5 Å². The largest absolute Gasteiger partial charge is 0.348 e. The van der Waals surface area contributed by atoms with E-state index in [0.717, 1.165) is 25.5 Å². The number of aldehydes is 1. The van der Waals surface area contributed by atoms with Crippen molar-refractivity contribution in [2.45, 2.75) is 66.0 Å². The van der Waals surface area contributed by atoms with Crippen molar-refractivity contribution in [1.29, 1.82) is 0 Å². The number of amides is 2. The lowest BCUT2D eigenvalue weighted by Gasteiger charge is -2.23. The minimum absolute atomic E-state index is 0.0445. The number of hydrogen-bond donors (Lipinski definition) is 1. The van der Waals surface area contributed by atoms with Crippen LogP contribution in [0.4, 0.5) is 0 Å². The molecule has 2 atom stereocenters. The van der Waals surface area contributed by atoms with Crippen LogP contribution in [0.3, 0.4) is 0 Å². The zero-order valence-corrected chi connectivity index (χ0v) is 18.5. The molecular weight excluding hydrogens is 366 g/mol. The molecule has 6 heteroatoms. The highest BCUT2D eigenvalue weighted by Gasteiger charge is 2.19. The van der Waals surface area contributed by atoms with Gasteiger partial charge in [-0.1, -0.05) is 33.8 Å². The van der Waals surface area contributed by atoms with Crippen LogP contribution < -0.4 is 10.6 Å². The number of nitrogens with one attached hydrogen (secondary N) is 1. The van der Waals surface area contributed by atoms with E-state index < -0.39 is 0 Å². The van der Waals surface area contributed by atoms with Gasteiger partial charge in [-0.15, -0.1) is 0 Å². The Morgan fingerprint density at radius 2 is 1.72 bits per heavy atom. The average molecular weight is 403 g/mol. The maximum absolute atomic E-state index is 12.8. The molecule has 0 aliphatic carbocycles. The highest BCUT2D eigenvalue weighted by Crippen LogP contribution is 2.12. The van der Waals surface area contributed by atoms with Gasteiger partial charge in [-0.2, -0.15) is 0 Å². The SMILES string of the molecule is CCCN(CCC)C(=O)c1cccc(C(=O)N[C@H](C[N][C@@H](C)C=O)CC(C)C)c1. The van der Waals surface area contributed by atoms with Crippen molar-refractivity contribution in [3.05, 3.63) is 35.4 Å². The molecule has 1 N–H and O–H groups in total. The van der Waals surface area contributed by atoms with E-state index in [0.29, 0.717) is 36.7 Å². The summed E-state index contributed by atoms with van der Waals surface area (Å²) >= 11 is 0. The Hall–Kier alpha value is -2.21. The molecule has 0 spiro atoms. The van der Waals surface area contributed by atoms with Crippen molar-refractivity contribution in [3.8, 4) is 0 Å². The van der Waals surface area contributed by atoms with Crippen LogP contribution >= 0.6 is 0 Å². The number of hydrogen-bond acceptors (Lipinski definition) is 3. The maximum Gasteiger partial charge on any atom is 0.253 e. The lowest BCUT2D eigenvalue weighted by atomic mass is 10.0. The molecule has 0 saturated carbocycles. The summed E-state index contributed by atoms with van der Waals surface area (Å²) in [5.74, 6) is 0.111. The van der Waals surface area contributed by atoms with Gasteiger partial charge in [-0.05, 0) is 50.3 Å². The summed E-state index contributed by atoms with van der Waals surface area (Å²) in [6, 6.07) is 6.34. The van der Waals surface area contributed by atoms with E-state index in [9.17, 15) is 14.4 Å². The first-order chi connectivity index (χ1) is 13.8. The van der Waals surface area contributed by atoms with Crippen LogP contribution in [-0.4, -0.2) is 54.7 Å². The second-order valence-corrected chi connectivity index (χ2v) is 7.91. The Balaban J connectivity index is 2.90. The van der Waals surface area contributed by atoms with E-state index in [4.69, 9.17) is 0 Å². The first kappa shape index (κ1) is 24.8. The standard InChI is InChI=1S/C23H36N3O3/c1-6-11-26(12-7-2)23(29)20-10-8-9-19(14-20)22(28)25-21(13-17(3)4)15-24-18(5)16-27/h8-10,14,16-18,21H,6-7,11-13,15H2,1-5H3,(H,25,28)/t18-,21-/m0/s1. The van der Waals surface area contributed by atoms with Gasteiger partial charge in [-0.25, -0.2) is 5.32 Å². The van der Waals surface area contributed by atoms with E-state index >= 15 is 0 Å². The molecule has 1 rings (SSSR count). The minimum atomic E-state index is -0.384. The van der Waals surface area contributed by atoms with Crippen LogP contribution in [0.5, 0.6) is 0 Å². The summed E-state index contributed by atoms with van der Waals surface area (Å²) in [7, 11) is 0. The molecule has 0 aliphatic heterocycles. The molecule has 0 aliphatic rings. The van der Waals surface area contributed by atoms with Crippen molar-refractivity contribution in [3.63, 3.8) is 0 Å². The summed E-state index contributed by atoms with van der Waals surface area (Å²) in [6.07, 6.45) is 3.35. The van der Waals surface area contributed by atoms with Gasteiger partial charge in [0.05, 0.1) is 6.04 Å². The fraction of sp³-hybridized carbons (Fsp3) is 0.609. The molecule has 0 saturated heterocycles. The summed E-state index contributed by atoms with van der Waals surface area (Å²) in [5.41, 5.74) is 0.986. The smallest absolute Gasteiger partial charge is 0.253 e. The summed E-state index contributed by atoms with van der Waals surface area (Å²) in [5, 5.41) is 7.33. The van der Waals surface area contributed by atoms with Crippen molar-refractivity contribution < 1.29 is 14.4 Å². The number of rotatable bonds is 13.